The van der Waals surface area contributed by atoms with E-state index >= 15 is 0 Å². The highest BCUT2D eigenvalue weighted by atomic mass is 15.0. The Balaban J connectivity index is 2.24. The van der Waals surface area contributed by atoms with Gasteiger partial charge >= 0.3 is 0 Å². The van der Waals surface area contributed by atoms with Crippen molar-refractivity contribution >= 4 is 0 Å². The number of aromatic nitrogens is 1. The Morgan fingerprint density at radius 2 is 1.93 bits per heavy atom. The standard InChI is InChI=1S/C13H22N2/c1-13(2,3)15-10-4-5-12(15)11-6-8-14-9-7-11/h4-5,10-11,14H,6-9H2,1-3H3. The molecule has 1 aliphatic rings. The molecule has 2 heteroatoms. The first-order valence-electron chi connectivity index (χ1n) is 5.97. The van der Waals surface area contributed by atoms with Crippen LogP contribution in [0.15, 0.2) is 18.3 Å². The lowest BCUT2D eigenvalue weighted by molar-refractivity contribution is 0.356. The zero-order valence-corrected chi connectivity index (χ0v) is 10.1. The molecule has 2 rings (SSSR count). The van der Waals surface area contributed by atoms with Gasteiger partial charge in [0.15, 0.2) is 0 Å². The molecule has 1 fully saturated rings. The van der Waals surface area contributed by atoms with E-state index in [4.69, 9.17) is 0 Å². The lowest BCUT2D eigenvalue weighted by Crippen LogP contribution is -2.30. The smallest absolute Gasteiger partial charge is 0.0358 e. The largest absolute Gasteiger partial charge is 0.346 e. The van der Waals surface area contributed by atoms with Gasteiger partial charge in [-0.15, -0.1) is 0 Å². The van der Waals surface area contributed by atoms with Crippen molar-refractivity contribution in [2.24, 2.45) is 0 Å². The minimum absolute atomic E-state index is 0.212. The van der Waals surface area contributed by atoms with Crippen molar-refractivity contribution in [3.8, 4) is 0 Å². The molecule has 1 aromatic heterocycles. The van der Waals surface area contributed by atoms with Crippen molar-refractivity contribution in [1.82, 2.24) is 9.88 Å². The molecule has 1 aromatic rings. The molecule has 2 heterocycles. The normalized spacial score (nSPS) is 19.4. The summed E-state index contributed by atoms with van der Waals surface area (Å²) in [5.74, 6) is 0.750. The Bertz CT molecular complexity index is 314. The molecule has 0 aromatic carbocycles. The van der Waals surface area contributed by atoms with Crippen molar-refractivity contribution in [1.29, 1.82) is 0 Å². The SMILES string of the molecule is CC(C)(C)n1cccc1C1CCNCC1. The molecule has 84 valence electrons. The molecular formula is C13H22N2. The second kappa shape index (κ2) is 4.01. The minimum Gasteiger partial charge on any atom is -0.346 e. The molecule has 0 unspecified atom stereocenters. The van der Waals surface area contributed by atoms with Crippen LogP contribution in [-0.2, 0) is 5.54 Å². The van der Waals surface area contributed by atoms with Crippen molar-refractivity contribution in [2.75, 3.05) is 13.1 Å². The van der Waals surface area contributed by atoms with Crippen LogP contribution < -0.4 is 5.32 Å². The summed E-state index contributed by atoms with van der Waals surface area (Å²) in [6, 6.07) is 4.48. The lowest BCUT2D eigenvalue weighted by atomic mass is 9.93. The predicted octanol–water partition coefficient (Wildman–Crippen LogP) is 2.71. The molecule has 1 N–H and O–H groups in total. The number of nitrogens with one attached hydrogen (secondary N) is 1. The van der Waals surface area contributed by atoms with Gasteiger partial charge in [0.2, 0.25) is 0 Å². The van der Waals surface area contributed by atoms with Gasteiger partial charge in [0.05, 0.1) is 0 Å². The quantitative estimate of drug-likeness (QED) is 0.747. The van der Waals surface area contributed by atoms with E-state index in [-0.39, 0.29) is 5.54 Å². The van der Waals surface area contributed by atoms with Crippen LogP contribution in [0.4, 0.5) is 0 Å². The first-order chi connectivity index (χ1) is 7.09. The highest BCUT2D eigenvalue weighted by molar-refractivity contribution is 5.16. The molecular weight excluding hydrogens is 184 g/mol. The molecule has 0 spiro atoms. The fourth-order valence-electron chi connectivity index (χ4n) is 2.46. The van der Waals surface area contributed by atoms with E-state index in [0.717, 1.165) is 5.92 Å². The fourth-order valence-corrected chi connectivity index (χ4v) is 2.46. The van der Waals surface area contributed by atoms with Gasteiger partial charge in [0.25, 0.3) is 0 Å². The predicted molar refractivity (Wildman–Crippen MR) is 64.3 cm³/mol. The summed E-state index contributed by atoms with van der Waals surface area (Å²) in [5.41, 5.74) is 1.73. The van der Waals surface area contributed by atoms with Gasteiger partial charge in [-0.25, -0.2) is 0 Å². The van der Waals surface area contributed by atoms with Crippen LogP contribution in [0, 0.1) is 0 Å². The van der Waals surface area contributed by atoms with Gasteiger partial charge in [-0.2, -0.15) is 0 Å². The maximum atomic E-state index is 3.43. The third-order valence-electron chi connectivity index (χ3n) is 3.26. The second-order valence-electron chi connectivity index (χ2n) is 5.50. The summed E-state index contributed by atoms with van der Waals surface area (Å²) in [6.07, 6.45) is 4.78. The second-order valence-corrected chi connectivity index (χ2v) is 5.50. The van der Waals surface area contributed by atoms with Crippen molar-refractivity contribution in [3.05, 3.63) is 24.0 Å². The third kappa shape index (κ3) is 2.25. The third-order valence-corrected chi connectivity index (χ3v) is 3.26. The Hall–Kier alpha value is -0.760. The van der Waals surface area contributed by atoms with Crippen LogP contribution in [-0.4, -0.2) is 17.7 Å². The molecule has 0 bridgehead atoms. The van der Waals surface area contributed by atoms with Crippen LogP contribution in [0.25, 0.3) is 0 Å². The Morgan fingerprint density at radius 3 is 2.53 bits per heavy atom. The molecule has 1 saturated heterocycles. The number of hydrogen-bond donors (Lipinski definition) is 1. The Morgan fingerprint density at radius 1 is 1.27 bits per heavy atom. The number of piperidine rings is 1. The van der Waals surface area contributed by atoms with Gasteiger partial charge in [-0.3, -0.25) is 0 Å². The van der Waals surface area contributed by atoms with E-state index < -0.39 is 0 Å². The average Bonchev–Trinajstić information content (AvgIpc) is 2.67. The van der Waals surface area contributed by atoms with Crippen LogP contribution in [0.1, 0.15) is 45.2 Å². The van der Waals surface area contributed by atoms with Gasteiger partial charge < -0.3 is 9.88 Å². The molecule has 2 nitrogen and oxygen atoms in total. The van der Waals surface area contributed by atoms with E-state index in [1.165, 1.54) is 31.6 Å². The zero-order valence-electron chi connectivity index (χ0n) is 10.1. The van der Waals surface area contributed by atoms with Crippen LogP contribution >= 0.6 is 0 Å². The van der Waals surface area contributed by atoms with Gasteiger partial charge in [-0.1, -0.05) is 0 Å². The van der Waals surface area contributed by atoms with E-state index in [2.05, 4.69) is 49.0 Å². The molecule has 0 radical (unpaired) electrons. The summed E-state index contributed by atoms with van der Waals surface area (Å²) in [4.78, 5) is 0. The monoisotopic (exact) mass is 206 g/mol. The topological polar surface area (TPSA) is 17.0 Å². The van der Waals surface area contributed by atoms with Crippen molar-refractivity contribution in [2.45, 2.75) is 45.1 Å². The summed E-state index contributed by atoms with van der Waals surface area (Å²) in [6.45, 7) is 9.16. The zero-order chi connectivity index (χ0) is 10.9. The van der Waals surface area contributed by atoms with Crippen molar-refractivity contribution < 1.29 is 0 Å². The summed E-state index contributed by atoms with van der Waals surface area (Å²) >= 11 is 0. The number of nitrogens with zero attached hydrogens (tertiary/aromatic N) is 1. The number of rotatable bonds is 1. The van der Waals surface area contributed by atoms with Gasteiger partial charge in [0, 0.05) is 23.3 Å². The van der Waals surface area contributed by atoms with Crippen LogP contribution in [0.5, 0.6) is 0 Å². The summed E-state index contributed by atoms with van der Waals surface area (Å²) in [7, 11) is 0. The van der Waals surface area contributed by atoms with Crippen LogP contribution in [0.3, 0.4) is 0 Å². The van der Waals surface area contributed by atoms with Gasteiger partial charge in [-0.05, 0) is 58.8 Å². The average molecular weight is 206 g/mol. The molecule has 0 amide bonds. The number of hydrogen-bond acceptors (Lipinski definition) is 1. The molecule has 1 aliphatic heterocycles. The minimum atomic E-state index is 0.212. The maximum Gasteiger partial charge on any atom is 0.0358 e. The Labute approximate surface area is 92.7 Å². The highest BCUT2D eigenvalue weighted by Gasteiger charge is 2.22. The van der Waals surface area contributed by atoms with E-state index in [1.807, 2.05) is 0 Å². The fraction of sp³-hybridized carbons (Fsp3) is 0.692. The first kappa shape index (κ1) is 10.7. The van der Waals surface area contributed by atoms with E-state index in [1.54, 1.807) is 0 Å². The first-order valence-corrected chi connectivity index (χ1v) is 5.97. The van der Waals surface area contributed by atoms with E-state index in [0.29, 0.717) is 0 Å². The highest BCUT2D eigenvalue weighted by Crippen LogP contribution is 2.29. The summed E-state index contributed by atoms with van der Waals surface area (Å²) < 4.78 is 2.43. The Kier molecular flexibility index (Phi) is 2.87. The van der Waals surface area contributed by atoms with Crippen molar-refractivity contribution in [3.63, 3.8) is 0 Å². The molecule has 0 aliphatic carbocycles. The van der Waals surface area contributed by atoms with Crippen LogP contribution in [0.2, 0.25) is 0 Å². The molecule has 15 heavy (non-hydrogen) atoms. The maximum absolute atomic E-state index is 3.43. The summed E-state index contributed by atoms with van der Waals surface area (Å²) in [5, 5.41) is 3.43. The van der Waals surface area contributed by atoms with Gasteiger partial charge in [0.1, 0.15) is 0 Å². The van der Waals surface area contributed by atoms with E-state index in [9.17, 15) is 0 Å². The molecule has 0 atom stereocenters. The lowest BCUT2D eigenvalue weighted by Gasteiger charge is -2.30. The molecule has 0 saturated carbocycles.